The Morgan fingerprint density at radius 3 is 2.39 bits per heavy atom. The van der Waals surface area contributed by atoms with Gasteiger partial charge in [0.15, 0.2) is 5.96 Å². The molecule has 1 heterocycles. The number of amides is 2. The maximum atomic E-state index is 11.7. The van der Waals surface area contributed by atoms with Crippen LogP contribution in [-0.4, -0.2) is 31.6 Å². The van der Waals surface area contributed by atoms with Gasteiger partial charge in [-0.25, -0.2) is 4.79 Å². The first-order valence-electron chi connectivity index (χ1n) is 9.11. The molecule has 0 bridgehead atoms. The van der Waals surface area contributed by atoms with E-state index in [1.807, 2.05) is 38.1 Å². The van der Waals surface area contributed by atoms with E-state index >= 15 is 0 Å². The van der Waals surface area contributed by atoms with Gasteiger partial charge in [-0.05, 0) is 59.9 Å². The van der Waals surface area contributed by atoms with E-state index in [2.05, 4.69) is 50.0 Å². The normalized spacial score (nSPS) is 12.1. The molecule has 0 radical (unpaired) electrons. The van der Waals surface area contributed by atoms with Crippen molar-refractivity contribution in [2.24, 2.45) is 4.99 Å². The maximum absolute atomic E-state index is 11.7. The Morgan fingerprint density at radius 2 is 1.82 bits per heavy atom. The molecule has 1 aromatic carbocycles. The van der Waals surface area contributed by atoms with Crippen LogP contribution in [0.3, 0.4) is 0 Å². The zero-order valence-electron chi connectivity index (χ0n) is 16.8. The van der Waals surface area contributed by atoms with Crippen molar-refractivity contribution in [3.8, 4) is 0 Å². The molecule has 0 aliphatic heterocycles. The van der Waals surface area contributed by atoms with Crippen LogP contribution in [0.4, 0.5) is 10.5 Å². The highest BCUT2D eigenvalue weighted by atomic mass is 127. The van der Waals surface area contributed by atoms with Crippen LogP contribution in [0.1, 0.15) is 37.8 Å². The van der Waals surface area contributed by atoms with Crippen LogP contribution >= 0.6 is 35.3 Å². The summed E-state index contributed by atoms with van der Waals surface area (Å²) in [7, 11) is 1.77. The molecule has 0 spiro atoms. The summed E-state index contributed by atoms with van der Waals surface area (Å²) >= 11 is 1.72. The second-order valence-corrected chi connectivity index (χ2v) is 7.49. The summed E-state index contributed by atoms with van der Waals surface area (Å²) in [6, 6.07) is 9.83. The summed E-state index contributed by atoms with van der Waals surface area (Å²) in [5.41, 5.74) is 3.22. The van der Waals surface area contributed by atoms with Crippen molar-refractivity contribution in [2.45, 2.75) is 39.3 Å². The first kappa shape index (κ1) is 24.2. The van der Waals surface area contributed by atoms with Crippen LogP contribution in [0.5, 0.6) is 0 Å². The van der Waals surface area contributed by atoms with E-state index in [1.54, 1.807) is 18.4 Å². The lowest BCUT2D eigenvalue weighted by Gasteiger charge is -2.15. The second-order valence-electron chi connectivity index (χ2n) is 6.71. The molecular formula is C20H30IN5OS. The quantitative estimate of drug-likeness (QED) is 0.251. The predicted octanol–water partition coefficient (Wildman–Crippen LogP) is 4.36. The lowest BCUT2D eigenvalue weighted by molar-refractivity contribution is 0.250. The summed E-state index contributed by atoms with van der Waals surface area (Å²) in [5, 5.41) is 16.6. The number of hydrogen-bond donors (Lipinski definition) is 4. The highest BCUT2D eigenvalue weighted by molar-refractivity contribution is 14.0. The summed E-state index contributed by atoms with van der Waals surface area (Å²) in [6.07, 6.45) is 0. The van der Waals surface area contributed by atoms with Crippen LogP contribution in [0.2, 0.25) is 0 Å². The van der Waals surface area contributed by atoms with Gasteiger partial charge >= 0.3 is 6.03 Å². The predicted molar refractivity (Wildman–Crippen MR) is 130 cm³/mol. The number of nitrogens with one attached hydrogen (secondary N) is 4. The number of urea groups is 1. The Bertz CT molecular complexity index is 732. The number of carbonyl (C=O) groups is 1. The molecule has 1 unspecified atom stereocenters. The molecule has 0 saturated carbocycles. The topological polar surface area (TPSA) is 77.5 Å². The molecule has 6 nitrogen and oxygen atoms in total. The smallest absolute Gasteiger partial charge is 0.319 e. The molecule has 0 aliphatic rings. The molecule has 0 saturated heterocycles. The Morgan fingerprint density at radius 1 is 1.11 bits per heavy atom. The molecular weight excluding hydrogens is 485 g/mol. The Kier molecular flexibility index (Phi) is 10.9. The summed E-state index contributed by atoms with van der Waals surface area (Å²) in [5.74, 6) is 1.20. The van der Waals surface area contributed by atoms with Crippen molar-refractivity contribution in [3.05, 3.63) is 52.2 Å². The van der Waals surface area contributed by atoms with Gasteiger partial charge in [0, 0.05) is 31.9 Å². The lowest BCUT2D eigenvalue weighted by atomic mass is 10.1. The third-order valence-electron chi connectivity index (χ3n) is 4.00. The van der Waals surface area contributed by atoms with Crippen LogP contribution in [0.15, 0.2) is 46.1 Å². The molecule has 28 heavy (non-hydrogen) atoms. The van der Waals surface area contributed by atoms with Crippen LogP contribution in [0, 0.1) is 0 Å². The van der Waals surface area contributed by atoms with Gasteiger partial charge in [0.2, 0.25) is 0 Å². The number of aliphatic imine (C=N–C) groups is 1. The van der Waals surface area contributed by atoms with E-state index in [-0.39, 0.29) is 36.0 Å². The third-order valence-corrected chi connectivity index (χ3v) is 4.70. The number of nitrogens with zero attached hydrogens (tertiary/aromatic N) is 1. The van der Waals surface area contributed by atoms with E-state index in [4.69, 9.17) is 0 Å². The Balaban J connectivity index is 0.00000392. The lowest BCUT2D eigenvalue weighted by Crippen LogP contribution is -2.38. The van der Waals surface area contributed by atoms with E-state index in [0.717, 1.165) is 23.8 Å². The molecule has 2 rings (SSSR count). The van der Waals surface area contributed by atoms with Gasteiger partial charge in [-0.1, -0.05) is 19.1 Å². The number of guanidine groups is 1. The van der Waals surface area contributed by atoms with Crippen molar-refractivity contribution in [1.82, 2.24) is 16.0 Å². The Hall–Kier alpha value is -1.81. The zero-order valence-corrected chi connectivity index (χ0v) is 19.9. The van der Waals surface area contributed by atoms with Crippen molar-refractivity contribution in [3.63, 3.8) is 0 Å². The minimum atomic E-state index is -0.194. The average Bonchev–Trinajstić information content (AvgIpc) is 3.17. The Labute approximate surface area is 188 Å². The first-order chi connectivity index (χ1) is 13.0. The number of thiophene rings is 1. The minimum absolute atomic E-state index is 0. The number of benzene rings is 1. The van der Waals surface area contributed by atoms with E-state index in [0.29, 0.717) is 12.5 Å². The van der Waals surface area contributed by atoms with Crippen LogP contribution in [-0.2, 0) is 6.54 Å². The molecule has 2 amide bonds. The highest BCUT2D eigenvalue weighted by Crippen LogP contribution is 2.17. The van der Waals surface area contributed by atoms with Crippen molar-refractivity contribution in [1.29, 1.82) is 0 Å². The van der Waals surface area contributed by atoms with Gasteiger partial charge < -0.3 is 21.3 Å². The van der Waals surface area contributed by atoms with E-state index in [1.165, 1.54) is 5.56 Å². The molecule has 4 N–H and O–H groups in total. The molecule has 154 valence electrons. The first-order valence-corrected chi connectivity index (χ1v) is 10.0. The second kappa shape index (κ2) is 12.6. The van der Waals surface area contributed by atoms with E-state index < -0.39 is 0 Å². The van der Waals surface area contributed by atoms with Crippen molar-refractivity contribution >= 4 is 53.0 Å². The summed E-state index contributed by atoms with van der Waals surface area (Å²) < 4.78 is 0. The van der Waals surface area contributed by atoms with Crippen LogP contribution < -0.4 is 21.3 Å². The summed E-state index contributed by atoms with van der Waals surface area (Å²) in [4.78, 5) is 16.0. The fraction of sp³-hybridized carbons (Fsp3) is 0.400. The summed E-state index contributed by atoms with van der Waals surface area (Å²) in [6.45, 7) is 7.53. The highest BCUT2D eigenvalue weighted by Gasteiger charge is 2.07. The van der Waals surface area contributed by atoms with Gasteiger partial charge in [0.1, 0.15) is 0 Å². The average molecular weight is 515 g/mol. The third kappa shape index (κ3) is 8.47. The van der Waals surface area contributed by atoms with Crippen molar-refractivity contribution < 1.29 is 4.79 Å². The number of hydrogen-bond acceptors (Lipinski definition) is 3. The standard InChI is InChI=1S/C20H29N5OS.HI/c1-14(2)24-20(26)25-18-7-5-16(6-8-18)12-23-19(21-4)22-11-15(3)17-9-10-27-13-17;/h5-10,13-15H,11-12H2,1-4H3,(H2,21,22,23)(H2,24,25,26);1H. The molecule has 8 heteroatoms. The number of anilines is 1. The fourth-order valence-corrected chi connectivity index (χ4v) is 3.25. The minimum Gasteiger partial charge on any atom is -0.356 e. The molecule has 2 aromatic rings. The SMILES string of the molecule is CN=C(NCc1ccc(NC(=O)NC(C)C)cc1)NCC(C)c1ccsc1.I. The van der Waals surface area contributed by atoms with E-state index in [9.17, 15) is 4.79 Å². The molecule has 1 aromatic heterocycles. The molecule has 0 fully saturated rings. The largest absolute Gasteiger partial charge is 0.356 e. The fourth-order valence-electron chi connectivity index (χ4n) is 2.46. The van der Waals surface area contributed by atoms with Gasteiger partial charge in [0.05, 0.1) is 0 Å². The number of rotatable bonds is 7. The maximum Gasteiger partial charge on any atom is 0.319 e. The zero-order chi connectivity index (χ0) is 19.6. The van der Waals surface area contributed by atoms with Crippen LogP contribution in [0.25, 0.3) is 0 Å². The molecule has 0 aliphatic carbocycles. The monoisotopic (exact) mass is 515 g/mol. The number of halogens is 1. The number of carbonyl (C=O) groups excluding carboxylic acids is 1. The van der Waals surface area contributed by atoms with Gasteiger partial charge in [-0.3, -0.25) is 4.99 Å². The molecule has 1 atom stereocenters. The van der Waals surface area contributed by atoms with Gasteiger partial charge in [-0.2, -0.15) is 11.3 Å². The van der Waals surface area contributed by atoms with Gasteiger partial charge in [0.25, 0.3) is 0 Å². The van der Waals surface area contributed by atoms with Gasteiger partial charge in [-0.15, -0.1) is 24.0 Å². The van der Waals surface area contributed by atoms with Crippen molar-refractivity contribution in [2.75, 3.05) is 18.9 Å².